The lowest BCUT2D eigenvalue weighted by atomic mass is 9.39. The molecule has 3 aliphatic carbocycles. The Hall–Kier alpha value is -0.990. The van der Waals surface area contributed by atoms with Gasteiger partial charge in [-0.15, -0.1) is 6.58 Å². The first-order chi connectivity index (χ1) is 17.0. The van der Waals surface area contributed by atoms with E-state index in [2.05, 4.69) is 6.58 Å². The minimum atomic E-state index is -1.83. The third-order valence-electron chi connectivity index (χ3n) is 10.0. The fourth-order valence-electron chi connectivity index (χ4n) is 8.08. The van der Waals surface area contributed by atoms with Crippen LogP contribution in [-0.2, 0) is 14.3 Å². The summed E-state index contributed by atoms with van der Waals surface area (Å²) in [6.45, 7) is 9.98. The van der Waals surface area contributed by atoms with E-state index in [1.807, 2.05) is 6.92 Å². The highest BCUT2D eigenvalue weighted by Gasteiger charge is 2.73. The molecule has 212 valence electrons. The van der Waals surface area contributed by atoms with Gasteiger partial charge in [0.1, 0.15) is 36.6 Å². The van der Waals surface area contributed by atoms with Crippen molar-refractivity contribution in [2.75, 3.05) is 6.61 Å². The summed E-state index contributed by atoms with van der Waals surface area (Å²) in [4.78, 5) is 13.7. The summed E-state index contributed by atoms with van der Waals surface area (Å²) in [6.07, 6.45) is -11.8. The Bertz CT molecular complexity index is 909. The highest BCUT2D eigenvalue weighted by molar-refractivity contribution is 5.90. The van der Waals surface area contributed by atoms with Crippen LogP contribution in [0.15, 0.2) is 12.7 Å². The van der Waals surface area contributed by atoms with Gasteiger partial charge in [0.2, 0.25) is 0 Å². The molecule has 0 aromatic carbocycles. The van der Waals surface area contributed by atoms with Crippen LogP contribution in [0.4, 0.5) is 0 Å². The van der Waals surface area contributed by atoms with E-state index in [0.717, 1.165) is 0 Å². The molecule has 3 saturated carbocycles. The fraction of sp³-hybridized carbons (Fsp3) is 0.885. The van der Waals surface area contributed by atoms with Crippen LogP contribution in [0.1, 0.15) is 47.0 Å². The van der Waals surface area contributed by atoms with Gasteiger partial charge in [-0.05, 0) is 30.6 Å². The molecule has 37 heavy (non-hydrogen) atoms. The molecule has 4 rings (SSSR count). The number of Topliss-reactive ketones (excluding diaryl/α,β-unsaturated/α-hetero) is 1. The highest BCUT2D eigenvalue weighted by Crippen LogP contribution is 2.66. The largest absolute Gasteiger partial charge is 0.394 e. The molecule has 1 aliphatic heterocycles. The van der Waals surface area contributed by atoms with Crippen LogP contribution in [0.2, 0.25) is 0 Å². The number of ether oxygens (including phenoxy) is 2. The number of fused-ring (bicyclic) bond motifs is 3. The molecule has 4 aliphatic rings. The lowest BCUT2D eigenvalue weighted by molar-refractivity contribution is -0.346. The Balaban J connectivity index is 1.82. The quantitative estimate of drug-likeness (QED) is 0.191. The molecule has 14 atom stereocenters. The van der Waals surface area contributed by atoms with Gasteiger partial charge in [-0.25, -0.2) is 0 Å². The number of ketones is 1. The third kappa shape index (κ3) is 4.05. The third-order valence-corrected chi connectivity index (χ3v) is 10.0. The molecule has 8 N–H and O–H groups in total. The second-order valence-corrected chi connectivity index (χ2v) is 12.8. The van der Waals surface area contributed by atoms with E-state index in [-0.39, 0.29) is 19.3 Å². The second-order valence-electron chi connectivity index (χ2n) is 12.8. The van der Waals surface area contributed by atoms with Crippen molar-refractivity contribution < 1.29 is 55.1 Å². The molecule has 1 heterocycles. The highest BCUT2D eigenvalue weighted by atomic mass is 16.7. The van der Waals surface area contributed by atoms with E-state index in [1.165, 1.54) is 0 Å². The first-order valence-electron chi connectivity index (χ1n) is 12.9. The summed E-state index contributed by atoms with van der Waals surface area (Å²) in [5.41, 5.74) is -4.98. The molecule has 1 saturated heterocycles. The molecule has 0 aromatic rings. The molecule has 0 amide bonds. The van der Waals surface area contributed by atoms with E-state index in [0.29, 0.717) is 0 Å². The van der Waals surface area contributed by atoms with Crippen molar-refractivity contribution in [1.29, 1.82) is 0 Å². The average Bonchev–Trinajstić information content (AvgIpc) is 2.82. The average molecular weight is 531 g/mol. The number of aliphatic hydroxyl groups excluding tert-OH is 7. The van der Waals surface area contributed by atoms with Crippen molar-refractivity contribution in [2.45, 2.75) is 108 Å². The van der Waals surface area contributed by atoms with Gasteiger partial charge >= 0.3 is 0 Å². The number of hydrogen-bond donors (Lipinski definition) is 8. The zero-order chi connectivity index (χ0) is 27.9. The van der Waals surface area contributed by atoms with Crippen molar-refractivity contribution in [3.8, 4) is 0 Å². The number of allylic oxidation sites excluding steroid dienone is 1. The molecule has 0 radical (unpaired) electrons. The predicted molar refractivity (Wildman–Crippen MR) is 128 cm³/mol. The molecule has 4 fully saturated rings. The Labute approximate surface area is 216 Å². The summed E-state index contributed by atoms with van der Waals surface area (Å²) in [5.74, 6) is -2.47. The molecule has 0 bridgehead atoms. The van der Waals surface area contributed by atoms with Gasteiger partial charge in [-0.3, -0.25) is 4.79 Å². The maximum Gasteiger partial charge on any atom is 0.191 e. The predicted octanol–water partition coefficient (Wildman–Crippen LogP) is -1.78. The first-order valence-corrected chi connectivity index (χ1v) is 12.9. The summed E-state index contributed by atoms with van der Waals surface area (Å²) in [7, 11) is 0. The summed E-state index contributed by atoms with van der Waals surface area (Å²) in [6, 6.07) is 0. The SMILES string of the molecule is C=CC1(C)CC(O)C2C(O)(C1)C(O)CC1C(C)(C)C(O)C(=O)C(OC3OC(CO)C(O)C(O)C3O)C12C. The van der Waals surface area contributed by atoms with Gasteiger partial charge < -0.3 is 50.3 Å². The van der Waals surface area contributed by atoms with Gasteiger partial charge in [0.15, 0.2) is 12.1 Å². The molecule has 0 aromatic heterocycles. The van der Waals surface area contributed by atoms with Crippen LogP contribution in [0.3, 0.4) is 0 Å². The first kappa shape index (κ1) is 29.0. The van der Waals surface area contributed by atoms with Crippen LogP contribution >= 0.6 is 0 Å². The summed E-state index contributed by atoms with van der Waals surface area (Å²) < 4.78 is 11.5. The number of carbonyl (C=O) groups excluding carboxylic acids is 1. The second kappa shape index (κ2) is 9.29. The molecule has 11 heteroatoms. The monoisotopic (exact) mass is 530 g/mol. The minimum absolute atomic E-state index is 0.00464. The van der Waals surface area contributed by atoms with E-state index in [9.17, 15) is 45.6 Å². The Morgan fingerprint density at radius 3 is 2.24 bits per heavy atom. The lowest BCUT2D eigenvalue weighted by Crippen LogP contribution is -2.77. The molecular weight excluding hydrogens is 488 g/mol. The van der Waals surface area contributed by atoms with E-state index < -0.39 is 101 Å². The molecule has 14 unspecified atom stereocenters. The van der Waals surface area contributed by atoms with Crippen molar-refractivity contribution in [1.82, 2.24) is 0 Å². The summed E-state index contributed by atoms with van der Waals surface area (Å²) in [5, 5.41) is 86.4. The Kier molecular flexibility index (Phi) is 7.29. The van der Waals surface area contributed by atoms with Crippen LogP contribution in [0.25, 0.3) is 0 Å². The van der Waals surface area contributed by atoms with Crippen LogP contribution < -0.4 is 0 Å². The van der Waals surface area contributed by atoms with E-state index in [4.69, 9.17) is 9.47 Å². The lowest BCUT2D eigenvalue weighted by Gasteiger charge is -2.68. The zero-order valence-corrected chi connectivity index (χ0v) is 21.8. The molecule has 0 spiro atoms. The minimum Gasteiger partial charge on any atom is -0.394 e. The van der Waals surface area contributed by atoms with Crippen molar-refractivity contribution in [2.24, 2.45) is 28.1 Å². The van der Waals surface area contributed by atoms with Gasteiger partial charge in [0.05, 0.1) is 24.4 Å². The fourth-order valence-corrected chi connectivity index (χ4v) is 8.08. The van der Waals surface area contributed by atoms with Crippen molar-refractivity contribution >= 4 is 5.78 Å². The normalized spacial score (nSPS) is 55.8. The smallest absolute Gasteiger partial charge is 0.191 e. The van der Waals surface area contributed by atoms with Crippen LogP contribution in [0, 0.1) is 28.1 Å². The van der Waals surface area contributed by atoms with Gasteiger partial charge in [-0.2, -0.15) is 0 Å². The number of carbonyl (C=O) groups is 1. The standard InChI is InChI=1S/C26H42O11/c1-6-24(4)8-11(28)19-25(5)13(7-14(29)26(19,35)10-24)23(2,3)20(34)18(33)21(25)37-22-17(32)16(31)15(30)12(9-27)36-22/h6,11-17,19-22,27-32,34-35H,1,7-10H2,2-5H3. The molecule has 11 nitrogen and oxygen atoms in total. The van der Waals surface area contributed by atoms with E-state index >= 15 is 0 Å². The maximum atomic E-state index is 13.7. The van der Waals surface area contributed by atoms with Gasteiger partial charge in [0.25, 0.3) is 0 Å². The summed E-state index contributed by atoms with van der Waals surface area (Å²) >= 11 is 0. The van der Waals surface area contributed by atoms with Gasteiger partial charge in [0, 0.05) is 16.7 Å². The van der Waals surface area contributed by atoms with Crippen molar-refractivity contribution in [3.05, 3.63) is 12.7 Å². The van der Waals surface area contributed by atoms with Crippen LogP contribution in [-0.4, -0.2) is 114 Å². The van der Waals surface area contributed by atoms with Crippen molar-refractivity contribution in [3.63, 3.8) is 0 Å². The molecular formula is C26H42O11. The zero-order valence-electron chi connectivity index (χ0n) is 21.8. The van der Waals surface area contributed by atoms with Crippen LogP contribution in [0.5, 0.6) is 0 Å². The topological polar surface area (TPSA) is 197 Å². The van der Waals surface area contributed by atoms with E-state index in [1.54, 1.807) is 26.8 Å². The number of hydrogen-bond acceptors (Lipinski definition) is 11. The Morgan fingerprint density at radius 2 is 1.68 bits per heavy atom. The van der Waals surface area contributed by atoms with Gasteiger partial charge in [-0.1, -0.05) is 33.8 Å². The Morgan fingerprint density at radius 1 is 1.05 bits per heavy atom. The number of aliphatic hydroxyl groups is 8. The number of rotatable bonds is 4. The maximum absolute atomic E-state index is 13.7.